The minimum Gasteiger partial charge on any atom is -0.397 e. The minimum absolute atomic E-state index is 0.131. The molecule has 0 unspecified atom stereocenters. The molecule has 6 heteroatoms. The van der Waals surface area contributed by atoms with E-state index in [1.165, 1.54) is 42.7 Å². The van der Waals surface area contributed by atoms with Crippen molar-refractivity contribution in [3.8, 4) is 0 Å². The molecule has 6 nitrogen and oxygen atoms in total. The number of nitrogen functional groups attached to an aromatic ring is 1. The summed E-state index contributed by atoms with van der Waals surface area (Å²) in [5, 5.41) is 10.6. The van der Waals surface area contributed by atoms with E-state index in [1.54, 1.807) is 0 Å². The molecule has 0 spiro atoms. The summed E-state index contributed by atoms with van der Waals surface area (Å²) in [6, 6.07) is 7.00. The first-order valence-corrected chi connectivity index (χ1v) is 5.08. The molecular formula is C12H9N3O3. The summed E-state index contributed by atoms with van der Waals surface area (Å²) in [5.74, 6) is -0.362. The van der Waals surface area contributed by atoms with Crippen LogP contribution >= 0.6 is 0 Å². The van der Waals surface area contributed by atoms with Gasteiger partial charge in [0.05, 0.1) is 16.8 Å². The van der Waals surface area contributed by atoms with Crippen molar-refractivity contribution in [2.45, 2.75) is 0 Å². The van der Waals surface area contributed by atoms with Crippen LogP contribution in [0.3, 0.4) is 0 Å². The first kappa shape index (κ1) is 11.7. The molecule has 18 heavy (non-hydrogen) atoms. The van der Waals surface area contributed by atoms with Crippen molar-refractivity contribution in [1.82, 2.24) is 4.98 Å². The lowest BCUT2D eigenvalue weighted by Gasteiger charge is -2.03. The molecule has 2 aromatic rings. The number of non-ortho nitro benzene ring substituents is 1. The van der Waals surface area contributed by atoms with Crippen LogP contribution in [0, 0.1) is 10.1 Å². The second-order valence-electron chi connectivity index (χ2n) is 3.60. The summed E-state index contributed by atoms with van der Waals surface area (Å²) >= 11 is 0. The predicted molar refractivity (Wildman–Crippen MR) is 65.2 cm³/mol. The number of aromatic nitrogens is 1. The van der Waals surface area contributed by atoms with Gasteiger partial charge in [-0.3, -0.25) is 19.9 Å². The van der Waals surface area contributed by atoms with Crippen LogP contribution in [0.5, 0.6) is 0 Å². The molecule has 1 aromatic heterocycles. The van der Waals surface area contributed by atoms with E-state index in [0.29, 0.717) is 0 Å². The van der Waals surface area contributed by atoms with Gasteiger partial charge in [-0.25, -0.2) is 0 Å². The topological polar surface area (TPSA) is 99.1 Å². The van der Waals surface area contributed by atoms with Gasteiger partial charge in [-0.1, -0.05) is 12.1 Å². The molecule has 0 bridgehead atoms. The van der Waals surface area contributed by atoms with Crippen LogP contribution < -0.4 is 5.73 Å². The van der Waals surface area contributed by atoms with Gasteiger partial charge < -0.3 is 5.73 Å². The van der Waals surface area contributed by atoms with Crippen molar-refractivity contribution in [3.05, 3.63) is 64.0 Å². The summed E-state index contributed by atoms with van der Waals surface area (Å²) in [7, 11) is 0. The summed E-state index contributed by atoms with van der Waals surface area (Å²) in [4.78, 5) is 26.0. The van der Waals surface area contributed by atoms with E-state index >= 15 is 0 Å². The Morgan fingerprint density at radius 2 is 2.11 bits per heavy atom. The number of nitrogens with two attached hydrogens (primary N) is 1. The lowest BCUT2D eigenvalue weighted by molar-refractivity contribution is -0.384. The third-order valence-corrected chi connectivity index (χ3v) is 2.42. The molecule has 0 aliphatic carbocycles. The van der Waals surface area contributed by atoms with E-state index < -0.39 is 4.92 Å². The Kier molecular flexibility index (Phi) is 3.01. The van der Waals surface area contributed by atoms with Crippen molar-refractivity contribution in [1.29, 1.82) is 0 Å². The largest absolute Gasteiger partial charge is 0.397 e. The number of pyridine rings is 1. The number of anilines is 1. The van der Waals surface area contributed by atoms with E-state index in [4.69, 9.17) is 5.73 Å². The Balaban J connectivity index is 2.44. The fraction of sp³-hybridized carbons (Fsp3) is 0. The second-order valence-corrected chi connectivity index (χ2v) is 3.60. The first-order chi connectivity index (χ1) is 8.59. The maximum absolute atomic E-state index is 12.1. The Morgan fingerprint density at radius 3 is 2.78 bits per heavy atom. The molecule has 0 saturated heterocycles. The van der Waals surface area contributed by atoms with Crippen molar-refractivity contribution in [3.63, 3.8) is 0 Å². The van der Waals surface area contributed by atoms with E-state index in [2.05, 4.69) is 4.98 Å². The van der Waals surface area contributed by atoms with Crippen LogP contribution in [0.1, 0.15) is 15.9 Å². The van der Waals surface area contributed by atoms with Gasteiger partial charge in [-0.05, 0) is 6.07 Å². The van der Waals surface area contributed by atoms with Crippen molar-refractivity contribution in [2.24, 2.45) is 0 Å². The first-order valence-electron chi connectivity index (χ1n) is 5.08. The number of rotatable bonds is 3. The molecule has 0 radical (unpaired) electrons. The molecule has 0 aliphatic heterocycles. The number of hydrogen-bond donors (Lipinski definition) is 1. The van der Waals surface area contributed by atoms with Gasteiger partial charge in [0, 0.05) is 29.5 Å². The van der Waals surface area contributed by atoms with Gasteiger partial charge in [0.25, 0.3) is 5.69 Å². The lowest BCUT2D eigenvalue weighted by atomic mass is 10.0. The zero-order chi connectivity index (χ0) is 13.1. The summed E-state index contributed by atoms with van der Waals surface area (Å²) in [6.07, 6.45) is 2.81. The van der Waals surface area contributed by atoms with Gasteiger partial charge in [0.15, 0.2) is 5.78 Å². The maximum Gasteiger partial charge on any atom is 0.270 e. The third kappa shape index (κ3) is 2.17. The second kappa shape index (κ2) is 4.62. The predicted octanol–water partition coefficient (Wildman–Crippen LogP) is 1.80. The molecule has 1 heterocycles. The number of hydrogen-bond acceptors (Lipinski definition) is 5. The highest BCUT2D eigenvalue weighted by Crippen LogP contribution is 2.19. The van der Waals surface area contributed by atoms with Crippen molar-refractivity contribution < 1.29 is 9.72 Å². The number of ketones is 1. The number of carbonyl (C=O) groups excluding carboxylic acids is 1. The SMILES string of the molecule is Nc1cnccc1C(=O)c1cccc([N+](=O)[O-])c1. The van der Waals surface area contributed by atoms with Crippen LogP contribution in [-0.4, -0.2) is 15.7 Å². The van der Waals surface area contributed by atoms with Gasteiger partial charge in [-0.15, -0.1) is 0 Å². The molecular weight excluding hydrogens is 234 g/mol. The summed E-state index contributed by atoms with van der Waals surface area (Å²) in [6.45, 7) is 0. The van der Waals surface area contributed by atoms with E-state index in [1.807, 2.05) is 0 Å². The molecule has 1 aromatic carbocycles. The molecule has 0 amide bonds. The molecule has 2 rings (SSSR count). The van der Waals surface area contributed by atoms with Crippen LogP contribution in [0.15, 0.2) is 42.7 Å². The highest BCUT2D eigenvalue weighted by atomic mass is 16.6. The number of nitro benzene ring substituents is 1. The van der Waals surface area contributed by atoms with Gasteiger partial charge in [0.1, 0.15) is 0 Å². The normalized spacial score (nSPS) is 10.0. The fourth-order valence-electron chi connectivity index (χ4n) is 1.53. The highest BCUT2D eigenvalue weighted by Gasteiger charge is 2.15. The van der Waals surface area contributed by atoms with Gasteiger partial charge >= 0.3 is 0 Å². The Morgan fingerprint density at radius 1 is 1.33 bits per heavy atom. The number of carbonyl (C=O) groups is 1. The Hall–Kier alpha value is -2.76. The van der Waals surface area contributed by atoms with Gasteiger partial charge in [0.2, 0.25) is 0 Å². The Labute approximate surface area is 102 Å². The summed E-state index contributed by atoms with van der Waals surface area (Å²) < 4.78 is 0. The average Bonchev–Trinajstić information content (AvgIpc) is 2.38. The third-order valence-electron chi connectivity index (χ3n) is 2.42. The highest BCUT2D eigenvalue weighted by molar-refractivity contribution is 6.12. The number of nitro groups is 1. The zero-order valence-corrected chi connectivity index (χ0v) is 9.24. The standard InChI is InChI=1S/C12H9N3O3/c13-11-7-14-5-4-10(11)12(16)8-2-1-3-9(6-8)15(17)18/h1-7H,13H2. The molecule has 2 N–H and O–H groups in total. The van der Waals surface area contributed by atoms with E-state index in [-0.39, 0.29) is 28.3 Å². The van der Waals surface area contributed by atoms with Crippen molar-refractivity contribution in [2.75, 3.05) is 5.73 Å². The van der Waals surface area contributed by atoms with Crippen LogP contribution in [0.4, 0.5) is 11.4 Å². The Bertz CT molecular complexity index is 625. The fourth-order valence-corrected chi connectivity index (χ4v) is 1.53. The average molecular weight is 243 g/mol. The van der Waals surface area contributed by atoms with E-state index in [0.717, 1.165) is 0 Å². The van der Waals surface area contributed by atoms with Crippen LogP contribution in [0.25, 0.3) is 0 Å². The zero-order valence-electron chi connectivity index (χ0n) is 9.24. The number of nitrogens with zero attached hydrogens (tertiary/aromatic N) is 2. The molecule has 0 aliphatic rings. The van der Waals surface area contributed by atoms with Crippen LogP contribution in [0.2, 0.25) is 0 Å². The monoisotopic (exact) mass is 243 g/mol. The smallest absolute Gasteiger partial charge is 0.270 e. The van der Waals surface area contributed by atoms with Gasteiger partial charge in [-0.2, -0.15) is 0 Å². The van der Waals surface area contributed by atoms with Crippen LogP contribution in [-0.2, 0) is 0 Å². The summed E-state index contributed by atoms with van der Waals surface area (Å²) in [5.41, 5.74) is 6.26. The maximum atomic E-state index is 12.1. The molecule has 0 saturated carbocycles. The quantitative estimate of drug-likeness (QED) is 0.503. The van der Waals surface area contributed by atoms with Crippen molar-refractivity contribution >= 4 is 17.2 Å². The molecule has 0 atom stereocenters. The number of benzene rings is 1. The van der Waals surface area contributed by atoms with E-state index in [9.17, 15) is 14.9 Å². The minimum atomic E-state index is -0.549. The lowest BCUT2D eigenvalue weighted by Crippen LogP contribution is -2.06. The molecule has 0 fully saturated rings. The molecule has 90 valence electrons.